The van der Waals surface area contributed by atoms with E-state index in [0.29, 0.717) is 29.8 Å². The van der Waals surface area contributed by atoms with Gasteiger partial charge in [-0.25, -0.2) is 0 Å². The minimum Gasteiger partial charge on any atom is -0.368 e. The lowest BCUT2D eigenvalue weighted by Gasteiger charge is -2.39. The second-order valence-electron chi connectivity index (χ2n) is 8.96. The first-order valence-electron chi connectivity index (χ1n) is 10.5. The van der Waals surface area contributed by atoms with Crippen LogP contribution in [0.4, 0.5) is 5.69 Å². The Bertz CT molecular complexity index is 729. The number of fused-ring (bicyclic) bond motifs is 1. The lowest BCUT2D eigenvalue weighted by Crippen LogP contribution is -2.42. The molecule has 5 atom stereocenters. The Hall–Kier alpha value is -1.88. The van der Waals surface area contributed by atoms with E-state index in [1.54, 1.807) is 0 Å². The summed E-state index contributed by atoms with van der Waals surface area (Å²) >= 11 is 0. The van der Waals surface area contributed by atoms with Gasteiger partial charge in [0, 0.05) is 30.4 Å². The summed E-state index contributed by atoms with van der Waals surface area (Å²) < 4.78 is 5.45. The third kappa shape index (κ3) is 3.38. The molecule has 6 rings (SSSR count). The number of hydrogen-bond donors (Lipinski definition) is 1. The standard InChI is InChI=1S/C22H28N2O3/c25-21(20-5-2-6-27-20)23-18-4-1-3-17(12-18)22(26)24-13-16-8-14-7-15(9-16)11-19(24)10-14/h1,3-4,12,14-16,19-20H,2,5-11,13H2,(H,23,25)/t14-,15+,16?,19?,20-/m0/s1. The van der Waals surface area contributed by atoms with Gasteiger partial charge in [0.05, 0.1) is 0 Å². The van der Waals surface area contributed by atoms with Gasteiger partial charge in [0.25, 0.3) is 11.8 Å². The summed E-state index contributed by atoms with van der Waals surface area (Å²) in [6.07, 6.45) is 7.66. The maximum atomic E-state index is 13.3. The average Bonchev–Trinajstić information content (AvgIpc) is 3.13. The summed E-state index contributed by atoms with van der Waals surface area (Å²) in [7, 11) is 0. The fourth-order valence-corrected chi connectivity index (χ4v) is 5.94. The molecule has 144 valence electrons. The highest BCUT2D eigenvalue weighted by atomic mass is 16.5. The zero-order chi connectivity index (χ0) is 18.4. The lowest BCUT2D eigenvalue weighted by molar-refractivity contribution is -0.124. The van der Waals surface area contributed by atoms with Crippen molar-refractivity contribution in [3.63, 3.8) is 0 Å². The Labute approximate surface area is 160 Å². The maximum absolute atomic E-state index is 13.3. The van der Waals surface area contributed by atoms with E-state index in [1.165, 1.54) is 32.1 Å². The van der Waals surface area contributed by atoms with Gasteiger partial charge in [-0.2, -0.15) is 0 Å². The Morgan fingerprint density at radius 3 is 2.56 bits per heavy atom. The number of nitrogens with zero attached hydrogens (tertiary/aromatic N) is 1. The maximum Gasteiger partial charge on any atom is 0.254 e. The van der Waals surface area contributed by atoms with Gasteiger partial charge in [0.15, 0.2) is 0 Å². The number of amides is 2. The highest BCUT2D eigenvalue weighted by Gasteiger charge is 2.44. The minimum absolute atomic E-state index is 0.109. The van der Waals surface area contributed by atoms with E-state index in [9.17, 15) is 9.59 Å². The third-order valence-corrected chi connectivity index (χ3v) is 6.97. The number of carbonyl (C=O) groups excluding carboxylic acids is 2. The SMILES string of the molecule is O=C(Nc1cccc(C(=O)N2CC3C[C@@H]4CC2C[C@H](C3)C4)c1)[C@@H]1CCCO1. The Balaban J connectivity index is 1.32. The van der Waals surface area contributed by atoms with Crippen LogP contribution in [-0.2, 0) is 9.53 Å². The van der Waals surface area contributed by atoms with Crippen molar-refractivity contribution in [3.8, 4) is 0 Å². The van der Waals surface area contributed by atoms with Crippen molar-refractivity contribution in [1.29, 1.82) is 0 Å². The molecule has 4 bridgehead atoms. The molecular weight excluding hydrogens is 340 g/mol. The van der Waals surface area contributed by atoms with E-state index in [4.69, 9.17) is 4.74 Å². The Morgan fingerprint density at radius 2 is 1.81 bits per heavy atom. The van der Waals surface area contributed by atoms with Crippen LogP contribution in [0, 0.1) is 17.8 Å². The molecule has 0 radical (unpaired) electrons. The summed E-state index contributed by atoms with van der Waals surface area (Å²) in [5.41, 5.74) is 1.36. The summed E-state index contributed by atoms with van der Waals surface area (Å²) in [4.78, 5) is 27.7. The second kappa shape index (κ2) is 6.93. The van der Waals surface area contributed by atoms with Crippen LogP contribution in [0.5, 0.6) is 0 Å². The normalized spacial score (nSPS) is 34.5. The summed E-state index contributed by atoms with van der Waals surface area (Å²) in [6, 6.07) is 7.81. The van der Waals surface area contributed by atoms with Crippen LogP contribution < -0.4 is 5.32 Å². The molecule has 3 heterocycles. The first-order valence-corrected chi connectivity index (χ1v) is 10.5. The smallest absolute Gasteiger partial charge is 0.254 e. The van der Waals surface area contributed by atoms with Crippen LogP contribution in [0.1, 0.15) is 55.3 Å². The fourth-order valence-electron chi connectivity index (χ4n) is 5.94. The van der Waals surface area contributed by atoms with Crippen molar-refractivity contribution in [3.05, 3.63) is 29.8 Å². The molecule has 5 nitrogen and oxygen atoms in total. The molecule has 5 heteroatoms. The van der Waals surface area contributed by atoms with Gasteiger partial charge in [0.2, 0.25) is 0 Å². The van der Waals surface area contributed by atoms with Gasteiger partial charge >= 0.3 is 0 Å². The van der Waals surface area contributed by atoms with Crippen LogP contribution in [0.3, 0.4) is 0 Å². The van der Waals surface area contributed by atoms with Crippen LogP contribution in [0.25, 0.3) is 0 Å². The van der Waals surface area contributed by atoms with E-state index in [2.05, 4.69) is 10.2 Å². The molecule has 2 amide bonds. The van der Waals surface area contributed by atoms with E-state index >= 15 is 0 Å². The molecule has 1 N–H and O–H groups in total. The number of rotatable bonds is 3. The first kappa shape index (κ1) is 17.2. The van der Waals surface area contributed by atoms with Crippen molar-refractivity contribution in [2.24, 2.45) is 17.8 Å². The molecule has 3 saturated heterocycles. The number of nitrogens with one attached hydrogen (secondary N) is 1. The van der Waals surface area contributed by atoms with Gasteiger partial charge < -0.3 is 15.0 Å². The molecule has 1 aromatic rings. The minimum atomic E-state index is -0.360. The third-order valence-electron chi connectivity index (χ3n) is 6.97. The molecule has 0 aromatic heterocycles. The number of ether oxygens (including phenoxy) is 1. The van der Waals surface area contributed by atoms with Crippen LogP contribution in [0.15, 0.2) is 24.3 Å². The van der Waals surface area contributed by atoms with Crippen molar-refractivity contribution in [2.75, 3.05) is 18.5 Å². The molecule has 1 aromatic carbocycles. The van der Waals surface area contributed by atoms with E-state index in [1.807, 2.05) is 24.3 Å². The molecule has 2 unspecified atom stereocenters. The summed E-state index contributed by atoms with van der Waals surface area (Å²) in [6.45, 7) is 1.55. The van der Waals surface area contributed by atoms with Gasteiger partial charge in [-0.1, -0.05) is 6.07 Å². The first-order chi connectivity index (χ1) is 13.2. The van der Waals surface area contributed by atoms with Crippen molar-refractivity contribution in [1.82, 2.24) is 4.90 Å². The largest absolute Gasteiger partial charge is 0.368 e. The van der Waals surface area contributed by atoms with Gasteiger partial charge in [0.1, 0.15) is 6.10 Å². The van der Waals surface area contributed by atoms with Crippen LogP contribution in [0.2, 0.25) is 0 Å². The van der Waals surface area contributed by atoms with Gasteiger partial charge in [-0.15, -0.1) is 0 Å². The van der Waals surface area contributed by atoms with Crippen molar-refractivity contribution >= 4 is 17.5 Å². The fraction of sp³-hybridized carbons (Fsp3) is 0.636. The zero-order valence-electron chi connectivity index (χ0n) is 15.7. The number of anilines is 1. The molecule has 3 aliphatic heterocycles. The summed E-state index contributed by atoms with van der Waals surface area (Å²) in [5, 5.41) is 2.92. The molecule has 0 spiro atoms. The molecule has 5 aliphatic rings. The quantitative estimate of drug-likeness (QED) is 0.889. The highest BCUT2D eigenvalue weighted by Crippen LogP contribution is 2.47. The molecule has 2 aliphatic carbocycles. The molecule has 5 fully saturated rings. The number of benzene rings is 1. The van der Waals surface area contributed by atoms with Gasteiger partial charge in [-0.3, -0.25) is 9.59 Å². The molecular formula is C22H28N2O3. The Morgan fingerprint density at radius 1 is 1.04 bits per heavy atom. The number of hydrogen-bond acceptors (Lipinski definition) is 3. The van der Waals surface area contributed by atoms with E-state index in [-0.39, 0.29) is 17.9 Å². The Kier molecular flexibility index (Phi) is 4.43. The monoisotopic (exact) mass is 368 g/mol. The zero-order valence-corrected chi connectivity index (χ0v) is 15.7. The molecule has 2 saturated carbocycles. The van der Waals surface area contributed by atoms with Crippen molar-refractivity contribution in [2.45, 2.75) is 57.1 Å². The number of carbonyl (C=O) groups is 2. The second-order valence-corrected chi connectivity index (χ2v) is 8.96. The van der Waals surface area contributed by atoms with Crippen LogP contribution >= 0.6 is 0 Å². The topological polar surface area (TPSA) is 58.6 Å². The highest BCUT2D eigenvalue weighted by molar-refractivity contribution is 5.98. The van der Waals surface area contributed by atoms with Crippen molar-refractivity contribution < 1.29 is 14.3 Å². The predicted octanol–water partition coefficient (Wildman–Crippen LogP) is 3.45. The van der Waals surface area contributed by atoms with E-state index in [0.717, 1.165) is 31.2 Å². The van der Waals surface area contributed by atoms with Crippen LogP contribution in [-0.4, -0.2) is 42.0 Å². The van der Waals surface area contributed by atoms with E-state index < -0.39 is 0 Å². The lowest BCUT2D eigenvalue weighted by atomic mass is 9.68. The molecule has 27 heavy (non-hydrogen) atoms. The predicted molar refractivity (Wildman–Crippen MR) is 102 cm³/mol. The summed E-state index contributed by atoms with van der Waals surface area (Å²) in [5.74, 6) is 2.33. The van der Waals surface area contributed by atoms with Gasteiger partial charge in [-0.05, 0) is 80.9 Å². The average molecular weight is 368 g/mol.